The number of hydrogen-bond acceptors (Lipinski definition) is 9. The van der Waals surface area contributed by atoms with Gasteiger partial charge in [0.2, 0.25) is 0 Å². The van der Waals surface area contributed by atoms with E-state index in [1.54, 1.807) is 62.4 Å². The van der Waals surface area contributed by atoms with E-state index in [0.29, 0.717) is 40.5 Å². The van der Waals surface area contributed by atoms with Gasteiger partial charge in [0.05, 0.1) is 41.6 Å². The average Bonchev–Trinajstić information content (AvgIpc) is 3.00. The van der Waals surface area contributed by atoms with Crippen LogP contribution in [0.2, 0.25) is 10.0 Å². The molecule has 4 rings (SSSR count). The Balaban J connectivity index is 1.37. The summed E-state index contributed by atoms with van der Waals surface area (Å²) in [5.41, 5.74) is 4.59. The van der Waals surface area contributed by atoms with Crippen LogP contribution in [0, 0.1) is 5.82 Å². The summed E-state index contributed by atoms with van der Waals surface area (Å²) >= 11 is 12.7. The lowest BCUT2D eigenvalue weighted by Crippen LogP contribution is -2.45. The maximum absolute atomic E-state index is 13.9. The van der Waals surface area contributed by atoms with Crippen LogP contribution in [-0.2, 0) is 16.1 Å². The molecule has 0 aliphatic carbocycles. The zero-order valence-corrected chi connectivity index (χ0v) is 26.0. The molecule has 14 heteroatoms. The molecule has 1 aliphatic rings. The molecule has 0 saturated heterocycles. The number of nitrogens with zero attached hydrogens (tertiary/aromatic N) is 1. The number of halogens is 3. The molecule has 2 atom stereocenters. The molecular formula is C31H31Cl2FN4O7. The van der Waals surface area contributed by atoms with Crippen molar-refractivity contribution in [1.82, 2.24) is 16.1 Å². The van der Waals surface area contributed by atoms with Crippen LogP contribution in [-0.4, -0.2) is 49.9 Å². The molecule has 238 valence electrons. The fourth-order valence-electron chi connectivity index (χ4n) is 4.38. The minimum Gasteiger partial charge on any atom is -0.490 e. The Bertz CT molecular complexity index is 1600. The topological polar surface area (TPSA) is 140 Å². The lowest BCUT2D eigenvalue weighted by atomic mass is 9.95. The molecule has 1 heterocycles. The zero-order chi connectivity index (χ0) is 32.5. The van der Waals surface area contributed by atoms with Gasteiger partial charge >= 0.3 is 12.0 Å². The molecule has 0 unspecified atom stereocenters. The quantitative estimate of drug-likeness (QED) is 0.0846. The molecule has 4 N–H and O–H groups in total. The van der Waals surface area contributed by atoms with Crippen molar-refractivity contribution in [3.05, 3.63) is 98.4 Å². The van der Waals surface area contributed by atoms with Gasteiger partial charge in [-0.3, -0.25) is 5.43 Å². The number of benzene rings is 3. The summed E-state index contributed by atoms with van der Waals surface area (Å²) in [6.45, 7) is 3.44. The van der Waals surface area contributed by atoms with Crippen LogP contribution in [0.15, 0.2) is 71.0 Å². The van der Waals surface area contributed by atoms with Crippen molar-refractivity contribution < 1.29 is 38.0 Å². The molecule has 0 fully saturated rings. The molecule has 0 saturated carbocycles. The van der Waals surface area contributed by atoms with Crippen LogP contribution in [0.25, 0.3) is 0 Å². The second-order valence-corrected chi connectivity index (χ2v) is 10.4. The second-order valence-electron chi connectivity index (χ2n) is 9.61. The number of esters is 1. The van der Waals surface area contributed by atoms with Crippen molar-refractivity contribution in [2.75, 3.05) is 20.3 Å². The van der Waals surface area contributed by atoms with Gasteiger partial charge < -0.3 is 34.7 Å². The second kappa shape index (κ2) is 15.5. The summed E-state index contributed by atoms with van der Waals surface area (Å²) in [5.74, 6) is -0.141. The standard InChI is InChI=1S/C31H31Cl2FN4O7/c1-4-43-25-13-19(28-27(30(40)42-3)17(2)36-31(41)37-28)9-10-24(25)44-16-26(39)38-35-14-18-11-21(32)29(22(33)12-18)45-15-20-7-5-6-8-23(20)34/h5-14,26,28,38-39H,4,15-16H2,1-3H3,(H2,36,37,41)/b35-14-/t26-,28+/m1/s1. The Morgan fingerprint density at radius 2 is 1.84 bits per heavy atom. The van der Waals surface area contributed by atoms with Crippen molar-refractivity contribution in [2.45, 2.75) is 32.7 Å². The Hall–Kier alpha value is -4.52. The maximum Gasteiger partial charge on any atom is 0.337 e. The number of aliphatic hydroxyl groups excluding tert-OH is 1. The Morgan fingerprint density at radius 1 is 1.11 bits per heavy atom. The van der Waals surface area contributed by atoms with Gasteiger partial charge in [0, 0.05) is 11.3 Å². The maximum atomic E-state index is 13.9. The van der Waals surface area contributed by atoms with E-state index in [4.69, 9.17) is 42.1 Å². The average molecular weight is 662 g/mol. The molecule has 3 aromatic carbocycles. The van der Waals surface area contributed by atoms with Gasteiger partial charge in [-0.2, -0.15) is 5.10 Å². The van der Waals surface area contributed by atoms with Crippen molar-refractivity contribution in [1.29, 1.82) is 0 Å². The van der Waals surface area contributed by atoms with E-state index in [9.17, 15) is 19.1 Å². The SMILES string of the molecule is CCOc1cc([C@@H]2NC(=O)NC(C)=C2C(=O)OC)ccc1OC[C@@H](O)N/N=C\c1cc(Cl)c(OCc2ccccc2F)c(Cl)c1. The first-order chi connectivity index (χ1) is 21.6. The predicted molar refractivity (Wildman–Crippen MR) is 166 cm³/mol. The smallest absolute Gasteiger partial charge is 0.337 e. The molecule has 45 heavy (non-hydrogen) atoms. The summed E-state index contributed by atoms with van der Waals surface area (Å²) in [4.78, 5) is 24.6. The van der Waals surface area contributed by atoms with Crippen LogP contribution >= 0.6 is 23.2 Å². The number of carbonyl (C=O) groups is 2. The normalized spacial score (nSPS) is 15.3. The van der Waals surface area contributed by atoms with Gasteiger partial charge in [0.25, 0.3) is 0 Å². The van der Waals surface area contributed by atoms with Gasteiger partial charge in [-0.25, -0.2) is 14.0 Å². The third kappa shape index (κ3) is 8.56. The lowest BCUT2D eigenvalue weighted by molar-refractivity contribution is -0.136. The number of rotatable bonds is 13. The number of hydrazone groups is 1. The fraction of sp³-hybridized carbons (Fsp3) is 0.258. The summed E-state index contributed by atoms with van der Waals surface area (Å²) in [6.07, 6.45) is 0.175. The summed E-state index contributed by atoms with van der Waals surface area (Å²) in [5, 5.41) is 20.1. The van der Waals surface area contributed by atoms with Crippen LogP contribution in [0.5, 0.6) is 17.2 Å². The number of urea groups is 1. The van der Waals surface area contributed by atoms with Gasteiger partial charge in [0.15, 0.2) is 23.5 Å². The molecule has 0 aromatic heterocycles. The number of allylic oxidation sites excluding steroid dienone is 1. The van der Waals surface area contributed by atoms with Crippen molar-refractivity contribution in [2.24, 2.45) is 5.10 Å². The van der Waals surface area contributed by atoms with Crippen LogP contribution < -0.4 is 30.3 Å². The highest BCUT2D eigenvalue weighted by Gasteiger charge is 2.32. The zero-order valence-electron chi connectivity index (χ0n) is 24.5. The molecule has 0 radical (unpaired) electrons. The van der Waals surface area contributed by atoms with Crippen LogP contribution in [0.3, 0.4) is 0 Å². The Labute approximate surface area is 268 Å². The first kappa shape index (κ1) is 33.4. The van der Waals surface area contributed by atoms with Crippen LogP contribution in [0.1, 0.15) is 36.6 Å². The third-order valence-corrected chi connectivity index (χ3v) is 7.02. The van der Waals surface area contributed by atoms with E-state index in [0.717, 1.165) is 0 Å². The van der Waals surface area contributed by atoms with Crippen molar-refractivity contribution in [3.8, 4) is 17.2 Å². The van der Waals surface area contributed by atoms with E-state index >= 15 is 0 Å². The van der Waals surface area contributed by atoms with Gasteiger partial charge in [-0.05, 0) is 55.3 Å². The molecular weight excluding hydrogens is 630 g/mol. The minimum atomic E-state index is -1.22. The lowest BCUT2D eigenvalue weighted by Gasteiger charge is -2.28. The number of carbonyl (C=O) groups excluding carboxylic acids is 2. The highest BCUT2D eigenvalue weighted by molar-refractivity contribution is 6.37. The van der Waals surface area contributed by atoms with E-state index in [1.165, 1.54) is 19.4 Å². The number of aliphatic hydroxyl groups is 1. The highest BCUT2D eigenvalue weighted by Crippen LogP contribution is 2.36. The van der Waals surface area contributed by atoms with Gasteiger partial charge in [-0.1, -0.05) is 47.5 Å². The molecule has 0 spiro atoms. The van der Waals surface area contributed by atoms with E-state index in [2.05, 4.69) is 21.2 Å². The largest absolute Gasteiger partial charge is 0.490 e. The van der Waals surface area contributed by atoms with E-state index < -0.39 is 30.1 Å². The monoisotopic (exact) mass is 660 g/mol. The van der Waals surface area contributed by atoms with Crippen molar-refractivity contribution in [3.63, 3.8) is 0 Å². The molecule has 2 amide bonds. The predicted octanol–water partition coefficient (Wildman–Crippen LogP) is 5.23. The van der Waals surface area contributed by atoms with Gasteiger partial charge in [-0.15, -0.1) is 0 Å². The van der Waals surface area contributed by atoms with Gasteiger partial charge in [0.1, 0.15) is 19.0 Å². The first-order valence-corrected chi connectivity index (χ1v) is 14.4. The summed E-state index contributed by atoms with van der Waals surface area (Å²) < 4.78 is 35.9. The summed E-state index contributed by atoms with van der Waals surface area (Å²) in [7, 11) is 1.26. The van der Waals surface area contributed by atoms with Crippen LogP contribution in [0.4, 0.5) is 9.18 Å². The van der Waals surface area contributed by atoms with E-state index in [-0.39, 0.29) is 34.6 Å². The molecule has 3 aromatic rings. The molecule has 0 bridgehead atoms. The number of methoxy groups -OCH3 is 1. The third-order valence-electron chi connectivity index (χ3n) is 6.46. The molecule has 11 nitrogen and oxygen atoms in total. The number of hydrogen-bond donors (Lipinski definition) is 4. The number of ether oxygens (including phenoxy) is 4. The van der Waals surface area contributed by atoms with E-state index in [1.807, 2.05) is 0 Å². The highest BCUT2D eigenvalue weighted by atomic mass is 35.5. The minimum absolute atomic E-state index is 0.0547. The molecule has 1 aliphatic heterocycles. The Kier molecular flexibility index (Phi) is 11.5. The number of amides is 2. The summed E-state index contributed by atoms with van der Waals surface area (Å²) in [6, 6.07) is 13.0. The number of nitrogens with one attached hydrogen (secondary N) is 3. The Morgan fingerprint density at radius 3 is 2.53 bits per heavy atom. The first-order valence-electron chi connectivity index (χ1n) is 13.7. The van der Waals surface area contributed by atoms with Crippen molar-refractivity contribution >= 4 is 41.4 Å². The fourth-order valence-corrected chi connectivity index (χ4v) is 4.99.